The standard InChI is InChI=1S/C10H18N2O4/c1-12-4-7(3-9(12)14)10(15)11-8(5-13)6-16-2/h7-8,13H,3-6H2,1-2H3,(H,11,15). The van der Waals surface area contributed by atoms with E-state index in [2.05, 4.69) is 5.32 Å². The highest BCUT2D eigenvalue weighted by Gasteiger charge is 2.32. The van der Waals surface area contributed by atoms with Crippen molar-refractivity contribution in [3.8, 4) is 0 Å². The number of aliphatic hydroxyl groups excluding tert-OH is 1. The van der Waals surface area contributed by atoms with Gasteiger partial charge in [0.25, 0.3) is 0 Å². The molecule has 1 fully saturated rings. The van der Waals surface area contributed by atoms with Crippen molar-refractivity contribution in [1.29, 1.82) is 0 Å². The van der Waals surface area contributed by atoms with Gasteiger partial charge in [-0.25, -0.2) is 0 Å². The zero-order valence-electron chi connectivity index (χ0n) is 9.60. The van der Waals surface area contributed by atoms with Crippen LogP contribution in [0.15, 0.2) is 0 Å². The highest BCUT2D eigenvalue weighted by Crippen LogP contribution is 2.15. The van der Waals surface area contributed by atoms with Crippen molar-refractivity contribution < 1.29 is 19.4 Å². The molecule has 2 atom stereocenters. The van der Waals surface area contributed by atoms with Crippen molar-refractivity contribution in [3.05, 3.63) is 0 Å². The summed E-state index contributed by atoms with van der Waals surface area (Å²) in [6, 6.07) is -0.404. The minimum Gasteiger partial charge on any atom is -0.394 e. The van der Waals surface area contributed by atoms with Crippen LogP contribution in [0.1, 0.15) is 6.42 Å². The van der Waals surface area contributed by atoms with E-state index in [1.807, 2.05) is 0 Å². The molecule has 0 aromatic heterocycles. The highest BCUT2D eigenvalue weighted by molar-refractivity contribution is 5.89. The number of hydrogen-bond donors (Lipinski definition) is 2. The maximum atomic E-state index is 11.7. The fourth-order valence-electron chi connectivity index (χ4n) is 1.70. The second kappa shape index (κ2) is 5.81. The van der Waals surface area contributed by atoms with E-state index in [0.717, 1.165) is 0 Å². The van der Waals surface area contributed by atoms with Crippen molar-refractivity contribution >= 4 is 11.8 Å². The Morgan fingerprint density at radius 1 is 1.75 bits per heavy atom. The van der Waals surface area contributed by atoms with Gasteiger partial charge in [0.15, 0.2) is 0 Å². The predicted molar refractivity (Wildman–Crippen MR) is 56.6 cm³/mol. The Morgan fingerprint density at radius 3 is 2.88 bits per heavy atom. The van der Waals surface area contributed by atoms with Gasteiger partial charge in [-0.3, -0.25) is 9.59 Å². The van der Waals surface area contributed by atoms with Crippen LogP contribution in [0.5, 0.6) is 0 Å². The van der Waals surface area contributed by atoms with E-state index >= 15 is 0 Å². The number of likely N-dealkylation sites (tertiary alicyclic amines) is 1. The Kier molecular flexibility index (Phi) is 4.70. The number of nitrogens with one attached hydrogen (secondary N) is 1. The monoisotopic (exact) mass is 230 g/mol. The average Bonchev–Trinajstić information content (AvgIpc) is 2.58. The summed E-state index contributed by atoms with van der Waals surface area (Å²) in [6.07, 6.45) is 0.244. The highest BCUT2D eigenvalue weighted by atomic mass is 16.5. The quantitative estimate of drug-likeness (QED) is 0.608. The van der Waals surface area contributed by atoms with Crippen LogP contribution in [0.4, 0.5) is 0 Å². The van der Waals surface area contributed by atoms with Gasteiger partial charge in [-0.05, 0) is 0 Å². The van der Waals surface area contributed by atoms with E-state index in [1.54, 1.807) is 7.05 Å². The van der Waals surface area contributed by atoms with E-state index in [1.165, 1.54) is 12.0 Å². The lowest BCUT2D eigenvalue weighted by molar-refractivity contribution is -0.128. The van der Waals surface area contributed by atoms with Gasteiger partial charge in [-0.1, -0.05) is 0 Å². The van der Waals surface area contributed by atoms with Crippen LogP contribution in [0.25, 0.3) is 0 Å². The topological polar surface area (TPSA) is 78.9 Å². The molecule has 1 rings (SSSR count). The fraction of sp³-hybridized carbons (Fsp3) is 0.800. The van der Waals surface area contributed by atoms with E-state index < -0.39 is 6.04 Å². The maximum Gasteiger partial charge on any atom is 0.225 e. The third-order valence-corrected chi connectivity index (χ3v) is 2.65. The average molecular weight is 230 g/mol. The number of carbonyl (C=O) groups is 2. The van der Waals surface area contributed by atoms with E-state index in [4.69, 9.17) is 9.84 Å². The van der Waals surface area contributed by atoms with Crippen LogP contribution < -0.4 is 5.32 Å². The summed E-state index contributed by atoms with van der Waals surface area (Å²) in [5.74, 6) is -0.537. The second-order valence-electron chi connectivity index (χ2n) is 4.02. The predicted octanol–water partition coefficient (Wildman–Crippen LogP) is -1.41. The molecule has 1 aliphatic rings. The van der Waals surface area contributed by atoms with Crippen molar-refractivity contribution in [1.82, 2.24) is 10.2 Å². The van der Waals surface area contributed by atoms with E-state index in [0.29, 0.717) is 6.54 Å². The molecule has 0 aliphatic carbocycles. The van der Waals surface area contributed by atoms with Crippen LogP contribution in [-0.4, -0.2) is 61.8 Å². The summed E-state index contributed by atoms with van der Waals surface area (Å²) in [4.78, 5) is 24.5. The molecule has 1 aliphatic heterocycles. The summed E-state index contributed by atoms with van der Waals surface area (Å²) < 4.78 is 4.85. The Morgan fingerprint density at radius 2 is 2.44 bits per heavy atom. The van der Waals surface area contributed by atoms with Gasteiger partial charge in [0, 0.05) is 27.1 Å². The first-order chi connectivity index (χ1) is 7.58. The van der Waals surface area contributed by atoms with Crippen molar-refractivity contribution in [2.45, 2.75) is 12.5 Å². The largest absolute Gasteiger partial charge is 0.394 e. The Balaban J connectivity index is 2.43. The summed E-state index contributed by atoms with van der Waals surface area (Å²) in [5, 5.41) is 11.6. The third kappa shape index (κ3) is 3.18. The van der Waals surface area contributed by atoms with Crippen molar-refractivity contribution in [2.24, 2.45) is 5.92 Å². The van der Waals surface area contributed by atoms with Gasteiger partial charge >= 0.3 is 0 Å². The lowest BCUT2D eigenvalue weighted by Gasteiger charge is -2.17. The van der Waals surface area contributed by atoms with Gasteiger partial charge in [-0.2, -0.15) is 0 Å². The van der Waals surface area contributed by atoms with Crippen LogP contribution in [0, 0.1) is 5.92 Å². The van der Waals surface area contributed by atoms with Crippen LogP contribution in [0.3, 0.4) is 0 Å². The van der Waals surface area contributed by atoms with Gasteiger partial charge in [0.2, 0.25) is 11.8 Å². The molecule has 2 amide bonds. The molecule has 1 saturated heterocycles. The first kappa shape index (κ1) is 12.9. The molecule has 2 unspecified atom stereocenters. The summed E-state index contributed by atoms with van der Waals surface area (Å²) >= 11 is 0. The molecule has 0 bridgehead atoms. The molecule has 0 radical (unpaired) electrons. The zero-order chi connectivity index (χ0) is 12.1. The number of amides is 2. The Hall–Kier alpha value is -1.14. The van der Waals surface area contributed by atoms with Gasteiger partial charge in [0.1, 0.15) is 0 Å². The van der Waals surface area contributed by atoms with Crippen LogP contribution in [-0.2, 0) is 14.3 Å². The minimum absolute atomic E-state index is 0.0209. The number of rotatable bonds is 5. The lowest BCUT2D eigenvalue weighted by Crippen LogP contribution is -2.44. The summed E-state index contributed by atoms with van der Waals surface area (Å²) in [7, 11) is 3.18. The number of methoxy groups -OCH3 is 1. The van der Waals surface area contributed by atoms with Gasteiger partial charge in [0.05, 0.1) is 25.2 Å². The summed E-state index contributed by atoms with van der Waals surface area (Å²) in [6.45, 7) is 0.532. The lowest BCUT2D eigenvalue weighted by atomic mass is 10.1. The van der Waals surface area contributed by atoms with Gasteiger partial charge < -0.3 is 20.1 Å². The molecule has 0 saturated carbocycles. The number of ether oxygens (including phenoxy) is 1. The summed E-state index contributed by atoms with van der Waals surface area (Å²) in [5.41, 5.74) is 0. The maximum absolute atomic E-state index is 11.7. The number of carbonyl (C=O) groups excluding carboxylic acids is 2. The number of hydrogen-bond acceptors (Lipinski definition) is 4. The van der Waals surface area contributed by atoms with Gasteiger partial charge in [-0.15, -0.1) is 0 Å². The molecule has 0 aromatic rings. The molecule has 0 spiro atoms. The molecule has 6 nitrogen and oxygen atoms in total. The molecular weight excluding hydrogens is 212 g/mol. The minimum atomic E-state index is -0.404. The Labute approximate surface area is 94.6 Å². The SMILES string of the molecule is COCC(CO)NC(=O)C1CC(=O)N(C)C1. The second-order valence-corrected chi connectivity index (χ2v) is 4.02. The molecule has 2 N–H and O–H groups in total. The first-order valence-corrected chi connectivity index (χ1v) is 5.22. The van der Waals surface area contributed by atoms with Crippen LogP contribution in [0.2, 0.25) is 0 Å². The number of nitrogens with zero attached hydrogens (tertiary/aromatic N) is 1. The number of aliphatic hydroxyl groups is 1. The zero-order valence-corrected chi connectivity index (χ0v) is 9.60. The Bertz CT molecular complexity index is 270. The third-order valence-electron chi connectivity index (χ3n) is 2.65. The van der Waals surface area contributed by atoms with Crippen molar-refractivity contribution in [3.63, 3.8) is 0 Å². The molecule has 16 heavy (non-hydrogen) atoms. The fourth-order valence-corrected chi connectivity index (χ4v) is 1.70. The molecule has 6 heteroatoms. The molecule has 0 aromatic carbocycles. The van der Waals surface area contributed by atoms with Crippen LogP contribution >= 0.6 is 0 Å². The first-order valence-electron chi connectivity index (χ1n) is 5.22. The smallest absolute Gasteiger partial charge is 0.225 e. The molecule has 1 heterocycles. The molecular formula is C10H18N2O4. The molecule has 92 valence electrons. The van der Waals surface area contributed by atoms with Crippen molar-refractivity contribution in [2.75, 3.05) is 33.9 Å². The normalized spacial score (nSPS) is 22.3. The van der Waals surface area contributed by atoms with E-state index in [-0.39, 0.29) is 37.4 Å². The van der Waals surface area contributed by atoms with E-state index in [9.17, 15) is 9.59 Å².